The molecular weight excluding hydrogens is 484 g/mol. The zero-order chi connectivity index (χ0) is 26.0. The second-order valence-electron chi connectivity index (χ2n) is 8.02. The Morgan fingerprint density at radius 3 is 2.17 bits per heavy atom. The van der Waals surface area contributed by atoms with Gasteiger partial charge in [0.1, 0.15) is 5.76 Å². The largest absolute Gasteiger partial charge is 0.507 e. The van der Waals surface area contributed by atoms with Gasteiger partial charge in [-0.3, -0.25) is 19.3 Å². The molecule has 0 aromatic heterocycles. The van der Waals surface area contributed by atoms with Crippen molar-refractivity contribution >= 4 is 46.3 Å². The highest BCUT2D eigenvalue weighted by molar-refractivity contribution is 6.51. The van der Waals surface area contributed by atoms with Gasteiger partial charge in [0.25, 0.3) is 11.7 Å². The van der Waals surface area contributed by atoms with Crippen molar-refractivity contribution in [3.05, 3.63) is 88.5 Å². The second-order valence-corrected chi connectivity index (χ2v) is 8.45. The van der Waals surface area contributed by atoms with E-state index in [-0.39, 0.29) is 17.2 Å². The summed E-state index contributed by atoms with van der Waals surface area (Å²) in [6.07, 6.45) is 0. The fourth-order valence-electron chi connectivity index (χ4n) is 4.11. The highest BCUT2D eigenvalue weighted by Gasteiger charge is 2.47. The van der Waals surface area contributed by atoms with Gasteiger partial charge in [0.15, 0.2) is 11.5 Å². The highest BCUT2D eigenvalue weighted by Crippen LogP contribution is 2.44. The van der Waals surface area contributed by atoms with Crippen LogP contribution in [0.4, 0.5) is 11.4 Å². The molecule has 8 nitrogen and oxygen atoms in total. The molecule has 0 aliphatic carbocycles. The Morgan fingerprint density at radius 1 is 0.944 bits per heavy atom. The summed E-state index contributed by atoms with van der Waals surface area (Å²) < 4.78 is 10.8. The number of aliphatic hydroxyl groups excluding tert-OH is 1. The molecule has 2 N–H and O–H groups in total. The molecule has 0 bridgehead atoms. The lowest BCUT2D eigenvalue weighted by atomic mass is 9.94. The average molecular weight is 507 g/mol. The first-order valence-electron chi connectivity index (χ1n) is 10.9. The summed E-state index contributed by atoms with van der Waals surface area (Å²) in [6.45, 7) is 1.39. The van der Waals surface area contributed by atoms with Crippen molar-refractivity contribution in [3.8, 4) is 11.5 Å². The number of methoxy groups -OCH3 is 2. The molecule has 1 aliphatic heterocycles. The third-order valence-electron chi connectivity index (χ3n) is 5.75. The maximum absolute atomic E-state index is 13.3. The number of aliphatic hydroxyl groups is 1. The normalized spacial score (nSPS) is 16.7. The van der Waals surface area contributed by atoms with Crippen LogP contribution in [-0.4, -0.2) is 36.9 Å². The van der Waals surface area contributed by atoms with Gasteiger partial charge in [-0.25, -0.2) is 0 Å². The van der Waals surface area contributed by atoms with Gasteiger partial charge in [-0.05, 0) is 66.2 Å². The molecule has 1 atom stereocenters. The predicted molar refractivity (Wildman–Crippen MR) is 137 cm³/mol. The summed E-state index contributed by atoms with van der Waals surface area (Å²) in [4.78, 5) is 39.3. The molecular formula is C27H23ClN2O6. The number of carbonyl (C=O) groups is 3. The molecule has 1 saturated heterocycles. The van der Waals surface area contributed by atoms with Gasteiger partial charge >= 0.3 is 0 Å². The lowest BCUT2D eigenvalue weighted by Gasteiger charge is -2.26. The van der Waals surface area contributed by atoms with Crippen LogP contribution in [-0.2, 0) is 14.4 Å². The molecule has 2 amide bonds. The van der Waals surface area contributed by atoms with Crippen LogP contribution in [0.5, 0.6) is 11.5 Å². The van der Waals surface area contributed by atoms with E-state index in [4.69, 9.17) is 21.1 Å². The zero-order valence-corrected chi connectivity index (χ0v) is 20.5. The van der Waals surface area contributed by atoms with Crippen LogP contribution in [0.25, 0.3) is 5.76 Å². The van der Waals surface area contributed by atoms with E-state index in [1.807, 2.05) is 0 Å². The van der Waals surface area contributed by atoms with Crippen LogP contribution in [0.2, 0.25) is 5.02 Å². The van der Waals surface area contributed by atoms with Crippen molar-refractivity contribution in [3.63, 3.8) is 0 Å². The summed E-state index contributed by atoms with van der Waals surface area (Å²) >= 11 is 5.98. The van der Waals surface area contributed by atoms with Crippen molar-refractivity contribution in [1.82, 2.24) is 0 Å². The Kier molecular flexibility index (Phi) is 6.98. The van der Waals surface area contributed by atoms with E-state index in [0.717, 1.165) is 0 Å². The number of carbonyl (C=O) groups excluding carboxylic acids is 3. The van der Waals surface area contributed by atoms with E-state index >= 15 is 0 Å². The number of hydrogen-bond acceptors (Lipinski definition) is 6. The SMILES string of the molecule is COc1ccc([C@@H]2/C(=C(\O)c3ccc(Cl)cc3)C(=O)C(=O)N2c2ccc(NC(C)=O)cc2)cc1OC. The zero-order valence-electron chi connectivity index (χ0n) is 19.7. The van der Waals surface area contributed by atoms with Gasteiger partial charge in [-0.2, -0.15) is 0 Å². The van der Waals surface area contributed by atoms with Crippen LogP contribution in [0.15, 0.2) is 72.3 Å². The number of rotatable bonds is 6. The van der Waals surface area contributed by atoms with Gasteiger partial charge in [-0.1, -0.05) is 17.7 Å². The third-order valence-corrected chi connectivity index (χ3v) is 6.00. The van der Waals surface area contributed by atoms with Crippen LogP contribution >= 0.6 is 11.6 Å². The van der Waals surface area contributed by atoms with Crippen molar-refractivity contribution in [1.29, 1.82) is 0 Å². The molecule has 1 heterocycles. The highest BCUT2D eigenvalue weighted by atomic mass is 35.5. The molecule has 184 valence electrons. The summed E-state index contributed by atoms with van der Waals surface area (Å²) in [5, 5.41) is 14.3. The number of Topliss-reactive ketones (excluding diaryl/α,β-unsaturated/α-hetero) is 1. The second kappa shape index (κ2) is 10.1. The molecule has 3 aromatic rings. The molecule has 1 fully saturated rings. The molecule has 0 spiro atoms. The number of halogens is 1. The minimum Gasteiger partial charge on any atom is -0.507 e. The standard InChI is InChI=1S/C27H23ClN2O6/c1-15(31)29-19-9-11-20(12-10-19)30-24(17-6-13-21(35-2)22(14-17)36-3)23(26(33)27(30)34)25(32)16-4-7-18(28)8-5-16/h4-14,24,32H,1-3H3,(H,29,31)/b25-23+/t24-/m1/s1. The quantitative estimate of drug-likeness (QED) is 0.279. The summed E-state index contributed by atoms with van der Waals surface area (Å²) in [5.74, 6) is -1.35. The predicted octanol–water partition coefficient (Wildman–Crippen LogP) is 4.94. The molecule has 36 heavy (non-hydrogen) atoms. The summed E-state index contributed by atoms with van der Waals surface area (Å²) in [7, 11) is 2.98. The fraction of sp³-hybridized carbons (Fsp3) is 0.148. The minimum atomic E-state index is -0.966. The monoisotopic (exact) mass is 506 g/mol. The Bertz CT molecular complexity index is 1370. The first-order chi connectivity index (χ1) is 17.2. The van der Waals surface area contributed by atoms with Crippen molar-refractivity contribution in [2.75, 3.05) is 24.4 Å². The summed E-state index contributed by atoms with van der Waals surface area (Å²) in [6, 6.07) is 16.8. The lowest BCUT2D eigenvalue weighted by Crippen LogP contribution is -2.29. The van der Waals surface area contributed by atoms with E-state index < -0.39 is 17.7 Å². The number of ether oxygens (including phenoxy) is 2. The fourth-order valence-corrected chi connectivity index (χ4v) is 4.24. The van der Waals surface area contributed by atoms with Gasteiger partial charge in [-0.15, -0.1) is 0 Å². The Hall–Kier alpha value is -4.30. The Balaban J connectivity index is 1.91. The molecule has 9 heteroatoms. The maximum Gasteiger partial charge on any atom is 0.300 e. The number of nitrogens with zero attached hydrogens (tertiary/aromatic N) is 1. The summed E-state index contributed by atoms with van der Waals surface area (Å²) in [5.41, 5.74) is 1.71. The van der Waals surface area contributed by atoms with Crippen molar-refractivity contribution in [2.45, 2.75) is 13.0 Å². The van der Waals surface area contributed by atoms with Crippen molar-refractivity contribution in [2.24, 2.45) is 0 Å². The number of ketones is 1. The first-order valence-corrected chi connectivity index (χ1v) is 11.3. The Morgan fingerprint density at radius 2 is 1.58 bits per heavy atom. The van der Waals surface area contributed by atoms with E-state index in [2.05, 4.69) is 5.32 Å². The smallest absolute Gasteiger partial charge is 0.300 e. The molecule has 0 radical (unpaired) electrons. The van der Waals surface area contributed by atoms with Crippen molar-refractivity contribution < 1.29 is 29.0 Å². The minimum absolute atomic E-state index is 0.0829. The topological polar surface area (TPSA) is 105 Å². The van der Waals surface area contributed by atoms with E-state index in [0.29, 0.717) is 39.0 Å². The van der Waals surface area contributed by atoms with Crippen LogP contribution in [0, 0.1) is 0 Å². The molecule has 3 aromatic carbocycles. The number of hydrogen-bond donors (Lipinski definition) is 2. The van der Waals surface area contributed by atoms with E-state index in [1.165, 1.54) is 26.0 Å². The van der Waals surface area contributed by atoms with Crippen LogP contribution < -0.4 is 19.7 Å². The van der Waals surface area contributed by atoms with E-state index in [9.17, 15) is 19.5 Å². The third kappa shape index (κ3) is 4.63. The molecule has 0 unspecified atom stereocenters. The number of nitrogens with one attached hydrogen (secondary N) is 1. The average Bonchev–Trinajstić information content (AvgIpc) is 3.14. The molecule has 4 rings (SSSR count). The number of benzene rings is 3. The van der Waals surface area contributed by atoms with Gasteiger partial charge in [0.2, 0.25) is 5.91 Å². The van der Waals surface area contributed by atoms with E-state index in [1.54, 1.807) is 66.7 Å². The van der Waals surface area contributed by atoms with Crippen LogP contribution in [0.3, 0.4) is 0 Å². The molecule has 0 saturated carbocycles. The molecule has 1 aliphatic rings. The number of anilines is 2. The number of amides is 2. The van der Waals surface area contributed by atoms with Gasteiger partial charge < -0.3 is 19.9 Å². The van der Waals surface area contributed by atoms with Gasteiger partial charge in [0.05, 0.1) is 25.8 Å². The maximum atomic E-state index is 13.3. The van der Waals surface area contributed by atoms with Gasteiger partial charge in [0, 0.05) is 28.9 Å². The Labute approximate surface area is 212 Å². The lowest BCUT2D eigenvalue weighted by molar-refractivity contribution is -0.132. The first kappa shape index (κ1) is 24.8. The van der Waals surface area contributed by atoms with Crippen LogP contribution in [0.1, 0.15) is 24.1 Å².